The summed E-state index contributed by atoms with van der Waals surface area (Å²) in [5.41, 5.74) is 0.585. The van der Waals surface area contributed by atoms with Crippen molar-refractivity contribution in [3.05, 3.63) is 71.2 Å². The van der Waals surface area contributed by atoms with E-state index in [0.717, 1.165) is 4.88 Å². The third-order valence-electron chi connectivity index (χ3n) is 4.83. The van der Waals surface area contributed by atoms with E-state index in [9.17, 15) is 13.5 Å². The van der Waals surface area contributed by atoms with Crippen molar-refractivity contribution < 1.29 is 27.7 Å². The number of sulfonamides is 1. The third-order valence-corrected chi connectivity index (χ3v) is 7.02. The van der Waals surface area contributed by atoms with E-state index in [4.69, 9.17) is 14.2 Å². The van der Waals surface area contributed by atoms with Crippen LogP contribution in [0, 0.1) is 0 Å². The summed E-state index contributed by atoms with van der Waals surface area (Å²) >= 11 is 1.48. The Balaban J connectivity index is 1.78. The Morgan fingerprint density at radius 2 is 1.81 bits per heavy atom. The Hall–Kier alpha value is -3.74. The van der Waals surface area contributed by atoms with E-state index in [-0.39, 0.29) is 42.2 Å². The molecule has 0 saturated heterocycles. The van der Waals surface area contributed by atoms with Crippen LogP contribution >= 0.6 is 11.3 Å². The lowest BCUT2D eigenvalue weighted by Gasteiger charge is -2.18. The number of para-hydroxylation sites is 2. The molecule has 0 aliphatic heterocycles. The van der Waals surface area contributed by atoms with E-state index in [1.54, 1.807) is 48.8 Å². The van der Waals surface area contributed by atoms with Crippen LogP contribution in [0.1, 0.15) is 4.88 Å². The van der Waals surface area contributed by atoms with Crippen LogP contribution in [0.15, 0.2) is 66.3 Å². The first kappa shape index (κ1) is 25.4. The quantitative estimate of drug-likeness (QED) is 0.282. The van der Waals surface area contributed by atoms with Gasteiger partial charge in [-0.05, 0) is 42.1 Å². The number of ether oxygens (including phenoxy) is 3. The lowest BCUT2D eigenvalue weighted by molar-refractivity contribution is 0.192. The van der Waals surface area contributed by atoms with E-state index in [2.05, 4.69) is 19.7 Å². The Kier molecular flexibility index (Phi) is 8.31. The number of hydrogen-bond donors (Lipinski definition) is 2. The van der Waals surface area contributed by atoms with Crippen LogP contribution < -0.4 is 18.9 Å². The summed E-state index contributed by atoms with van der Waals surface area (Å²) in [7, 11) is -2.35. The Morgan fingerprint density at radius 3 is 2.50 bits per heavy atom. The first-order valence-electron chi connectivity index (χ1n) is 10.9. The highest BCUT2D eigenvalue weighted by molar-refractivity contribution is 7.92. The summed E-state index contributed by atoms with van der Waals surface area (Å²) < 4.78 is 45.7. The predicted octanol–water partition coefficient (Wildman–Crippen LogP) is 3.76. The zero-order chi connectivity index (χ0) is 25.4. The fourth-order valence-electron chi connectivity index (χ4n) is 3.16. The van der Waals surface area contributed by atoms with Gasteiger partial charge in [-0.2, -0.15) is 4.98 Å². The summed E-state index contributed by atoms with van der Waals surface area (Å²) in [5, 5.41) is 11.2. The van der Waals surface area contributed by atoms with Crippen molar-refractivity contribution in [1.29, 1.82) is 0 Å². The number of nitrogens with zero attached hydrogens (tertiary/aromatic N) is 3. The van der Waals surface area contributed by atoms with Crippen LogP contribution in [0.25, 0.3) is 11.4 Å². The molecule has 4 rings (SSSR count). The summed E-state index contributed by atoms with van der Waals surface area (Å²) in [5.74, 6) is 0.514. The lowest BCUT2D eigenvalue weighted by Crippen LogP contribution is -2.20. The monoisotopic (exact) mass is 528 g/mol. The maximum atomic E-state index is 13.1. The Morgan fingerprint density at radius 1 is 1.03 bits per heavy atom. The predicted molar refractivity (Wildman–Crippen MR) is 136 cm³/mol. The van der Waals surface area contributed by atoms with Gasteiger partial charge in [-0.3, -0.25) is 9.71 Å². The fourth-order valence-corrected chi connectivity index (χ4v) is 5.02. The minimum absolute atomic E-state index is 0.0484. The first-order valence-corrected chi connectivity index (χ1v) is 13.4. The molecule has 36 heavy (non-hydrogen) atoms. The van der Waals surface area contributed by atoms with Gasteiger partial charge in [0.2, 0.25) is 15.8 Å². The number of anilines is 1. The van der Waals surface area contributed by atoms with Gasteiger partial charge in [0.05, 0.1) is 19.5 Å². The number of benzene rings is 1. The average Bonchev–Trinajstić information content (AvgIpc) is 3.42. The topological polar surface area (TPSA) is 133 Å². The molecular weight excluding hydrogens is 504 g/mol. The minimum Gasteiger partial charge on any atom is -0.493 e. The van der Waals surface area contributed by atoms with Crippen LogP contribution in [-0.4, -0.2) is 54.6 Å². The molecule has 1 aromatic carbocycles. The number of aliphatic hydroxyl groups is 1. The summed E-state index contributed by atoms with van der Waals surface area (Å²) in [4.78, 5) is 13.8. The normalized spacial score (nSPS) is 11.2. The molecule has 10 nitrogen and oxygen atoms in total. The molecule has 0 radical (unpaired) electrons. The van der Waals surface area contributed by atoms with Gasteiger partial charge in [-0.15, -0.1) is 11.3 Å². The number of aliphatic hydroxyl groups excluding tert-OH is 1. The molecule has 2 N–H and O–H groups in total. The molecule has 0 aliphatic rings. The van der Waals surface area contributed by atoms with Gasteiger partial charge < -0.3 is 19.3 Å². The summed E-state index contributed by atoms with van der Waals surface area (Å²) in [6, 6.07) is 14.0. The van der Waals surface area contributed by atoms with Gasteiger partial charge in [0.25, 0.3) is 5.88 Å². The van der Waals surface area contributed by atoms with Crippen LogP contribution in [0.3, 0.4) is 0 Å². The SMILES string of the molecule is COc1ccccc1Oc1c(NS(=O)(=O)CCc2cccs2)nc(-c2ccncc2)nc1OCCO. The molecule has 0 amide bonds. The van der Waals surface area contributed by atoms with Crippen molar-refractivity contribution >= 4 is 27.2 Å². The van der Waals surface area contributed by atoms with E-state index < -0.39 is 10.0 Å². The largest absolute Gasteiger partial charge is 0.493 e. The molecular formula is C24H24N4O6S2. The standard InChI is InChI=1S/C24H24N4O6S2/c1-32-19-6-2-3-7-20(19)34-21-23(28-36(30,31)16-10-18-5-4-15-35-18)26-22(17-8-11-25-12-9-17)27-24(21)33-14-13-29/h2-9,11-12,15,29H,10,13-14,16H2,1H3,(H,26,27,28). The van der Waals surface area contributed by atoms with E-state index in [1.165, 1.54) is 18.4 Å². The van der Waals surface area contributed by atoms with Crippen LogP contribution in [-0.2, 0) is 16.4 Å². The smallest absolute Gasteiger partial charge is 0.263 e. The molecule has 0 fully saturated rings. The zero-order valence-electron chi connectivity index (χ0n) is 19.3. The minimum atomic E-state index is -3.84. The van der Waals surface area contributed by atoms with Crippen LogP contribution in [0.5, 0.6) is 23.1 Å². The van der Waals surface area contributed by atoms with Crippen molar-refractivity contribution in [2.45, 2.75) is 6.42 Å². The highest BCUT2D eigenvalue weighted by Crippen LogP contribution is 2.41. The van der Waals surface area contributed by atoms with E-state index >= 15 is 0 Å². The van der Waals surface area contributed by atoms with Gasteiger partial charge in [0, 0.05) is 22.8 Å². The number of methoxy groups -OCH3 is 1. The van der Waals surface area contributed by atoms with Crippen molar-refractivity contribution in [2.75, 3.05) is 30.8 Å². The number of aromatic nitrogens is 3. The van der Waals surface area contributed by atoms with E-state index in [1.807, 2.05) is 17.5 Å². The molecule has 3 heterocycles. The van der Waals surface area contributed by atoms with Gasteiger partial charge in [-0.1, -0.05) is 18.2 Å². The van der Waals surface area contributed by atoms with Crippen molar-refractivity contribution in [1.82, 2.24) is 15.0 Å². The molecule has 0 aliphatic carbocycles. The second-order valence-corrected chi connectivity index (χ2v) is 10.2. The van der Waals surface area contributed by atoms with Gasteiger partial charge >= 0.3 is 0 Å². The number of aryl methyl sites for hydroxylation is 1. The highest BCUT2D eigenvalue weighted by Gasteiger charge is 2.24. The lowest BCUT2D eigenvalue weighted by atomic mass is 10.2. The highest BCUT2D eigenvalue weighted by atomic mass is 32.2. The second-order valence-electron chi connectivity index (χ2n) is 7.34. The summed E-state index contributed by atoms with van der Waals surface area (Å²) in [6.07, 6.45) is 3.47. The number of pyridine rings is 1. The molecule has 3 aromatic heterocycles. The molecule has 0 atom stereocenters. The maximum absolute atomic E-state index is 13.1. The summed E-state index contributed by atoms with van der Waals surface area (Å²) in [6.45, 7) is -0.385. The molecule has 0 spiro atoms. The molecule has 0 saturated carbocycles. The molecule has 4 aromatic rings. The van der Waals surface area contributed by atoms with Crippen molar-refractivity contribution in [3.8, 4) is 34.5 Å². The number of thiophene rings is 1. The van der Waals surface area contributed by atoms with E-state index in [0.29, 0.717) is 23.5 Å². The van der Waals surface area contributed by atoms with Crippen molar-refractivity contribution in [2.24, 2.45) is 0 Å². The first-order chi connectivity index (χ1) is 17.5. The number of hydrogen-bond acceptors (Lipinski definition) is 10. The molecule has 0 unspecified atom stereocenters. The number of nitrogens with one attached hydrogen (secondary N) is 1. The zero-order valence-corrected chi connectivity index (χ0v) is 21.0. The molecule has 12 heteroatoms. The molecule has 0 bridgehead atoms. The van der Waals surface area contributed by atoms with Gasteiger partial charge in [0.1, 0.15) is 6.61 Å². The fraction of sp³-hybridized carbons (Fsp3) is 0.208. The molecule has 188 valence electrons. The Bertz CT molecular complexity index is 1380. The van der Waals surface area contributed by atoms with Crippen LogP contribution in [0.2, 0.25) is 0 Å². The van der Waals surface area contributed by atoms with Gasteiger partial charge in [0.15, 0.2) is 23.1 Å². The average molecular weight is 529 g/mol. The van der Waals surface area contributed by atoms with Gasteiger partial charge in [-0.25, -0.2) is 13.4 Å². The van der Waals surface area contributed by atoms with Crippen LogP contribution in [0.4, 0.5) is 5.82 Å². The third kappa shape index (κ3) is 6.47. The number of rotatable bonds is 12. The second kappa shape index (κ2) is 11.8. The van der Waals surface area contributed by atoms with Crippen molar-refractivity contribution in [3.63, 3.8) is 0 Å². The maximum Gasteiger partial charge on any atom is 0.263 e. The Labute approximate surface area is 212 Å².